The molecular formula is C27H22N2O4S. The minimum Gasteiger partial charge on any atom is -0.455 e. The first-order valence-electron chi connectivity index (χ1n) is 10.9. The number of methoxy groups -OCH3 is 1. The van der Waals surface area contributed by atoms with Gasteiger partial charge >= 0.3 is 0 Å². The maximum Gasteiger partial charge on any atom is 0.263 e. The van der Waals surface area contributed by atoms with Crippen LogP contribution in [0, 0.1) is 6.92 Å². The lowest BCUT2D eigenvalue weighted by molar-refractivity contribution is 0.0976. The second-order valence-corrected chi connectivity index (χ2v) is 8.86. The van der Waals surface area contributed by atoms with E-state index in [-0.39, 0.29) is 16.9 Å². The van der Waals surface area contributed by atoms with Gasteiger partial charge in [-0.15, -0.1) is 0 Å². The second-order valence-electron chi connectivity index (χ2n) is 7.85. The lowest BCUT2D eigenvalue weighted by atomic mass is 10.0. The summed E-state index contributed by atoms with van der Waals surface area (Å²) in [5.74, 6) is 0.162. The van der Waals surface area contributed by atoms with Crippen LogP contribution in [0.15, 0.2) is 82.0 Å². The Balaban J connectivity index is 1.67. The first-order valence-corrected chi connectivity index (χ1v) is 11.7. The molecule has 0 bridgehead atoms. The molecule has 170 valence electrons. The van der Waals surface area contributed by atoms with Crippen LogP contribution >= 0.6 is 11.3 Å². The van der Waals surface area contributed by atoms with Gasteiger partial charge in [-0.2, -0.15) is 0 Å². The molecule has 0 aliphatic carbocycles. The van der Waals surface area contributed by atoms with Crippen LogP contribution in [0.2, 0.25) is 0 Å². The summed E-state index contributed by atoms with van der Waals surface area (Å²) in [5.41, 5.74) is 2.53. The zero-order chi connectivity index (χ0) is 23.7. The average molecular weight is 471 g/mol. The van der Waals surface area contributed by atoms with E-state index in [9.17, 15) is 9.59 Å². The minimum absolute atomic E-state index is 0.154. The molecule has 1 amide bonds. The Kier molecular flexibility index (Phi) is 5.96. The van der Waals surface area contributed by atoms with E-state index in [0.29, 0.717) is 40.6 Å². The molecule has 2 aromatic heterocycles. The number of carbonyl (C=O) groups excluding carboxylic acids is 1. The number of rotatable bonds is 6. The number of ether oxygens (including phenoxy) is 1. The summed E-state index contributed by atoms with van der Waals surface area (Å²) in [4.78, 5) is 33.3. The highest BCUT2D eigenvalue weighted by atomic mass is 32.1. The van der Waals surface area contributed by atoms with Gasteiger partial charge in [0.25, 0.3) is 5.91 Å². The number of anilines is 1. The topological polar surface area (TPSA) is 72.6 Å². The summed E-state index contributed by atoms with van der Waals surface area (Å²) in [7, 11) is 1.59. The number of hydrogen-bond acceptors (Lipinski definition) is 6. The predicted octanol–water partition coefficient (Wildman–Crippen LogP) is 5.67. The molecule has 7 heteroatoms. The Morgan fingerprint density at radius 3 is 2.56 bits per heavy atom. The van der Waals surface area contributed by atoms with Crippen LogP contribution < -0.4 is 10.3 Å². The van der Waals surface area contributed by atoms with Crippen molar-refractivity contribution < 1.29 is 13.9 Å². The van der Waals surface area contributed by atoms with Crippen LogP contribution in [0.4, 0.5) is 5.13 Å². The molecule has 0 atom stereocenters. The number of para-hydroxylation sites is 2. The van der Waals surface area contributed by atoms with E-state index >= 15 is 0 Å². The van der Waals surface area contributed by atoms with Gasteiger partial charge in [0, 0.05) is 18.2 Å². The average Bonchev–Trinajstić information content (AvgIpc) is 3.30. The molecule has 0 unspecified atom stereocenters. The van der Waals surface area contributed by atoms with Crippen LogP contribution in [-0.2, 0) is 4.74 Å². The Bertz CT molecular complexity index is 1520. The van der Waals surface area contributed by atoms with E-state index in [1.54, 1.807) is 37.1 Å². The molecule has 5 rings (SSSR count). The second kappa shape index (κ2) is 9.21. The van der Waals surface area contributed by atoms with Crippen molar-refractivity contribution in [1.82, 2.24) is 4.98 Å². The first kappa shape index (κ1) is 22.0. The van der Waals surface area contributed by atoms with Crippen molar-refractivity contribution in [3.8, 4) is 11.3 Å². The number of benzene rings is 3. The number of thiazole rings is 1. The van der Waals surface area contributed by atoms with Gasteiger partial charge in [0.15, 0.2) is 16.1 Å². The standard InChI is InChI=1S/C27H22N2O4S/c1-17-23(30)19-11-8-12-20(25(19)33-24(17)18-9-4-3-5-10-18)26(31)29(15-16-32-2)27-28-21-13-6-7-14-22(21)34-27/h3-14H,15-16H2,1-2H3. The molecule has 34 heavy (non-hydrogen) atoms. The molecule has 3 aromatic carbocycles. The monoisotopic (exact) mass is 470 g/mol. The zero-order valence-corrected chi connectivity index (χ0v) is 19.6. The van der Waals surface area contributed by atoms with Crippen molar-refractivity contribution in [3.63, 3.8) is 0 Å². The zero-order valence-electron chi connectivity index (χ0n) is 18.8. The molecule has 0 saturated heterocycles. The normalized spacial score (nSPS) is 11.2. The van der Waals surface area contributed by atoms with Crippen LogP contribution in [-0.4, -0.2) is 31.2 Å². The van der Waals surface area contributed by atoms with Crippen LogP contribution in [0.5, 0.6) is 0 Å². The number of carbonyl (C=O) groups is 1. The molecule has 5 aromatic rings. The Labute approximate surface area is 200 Å². The molecule has 0 N–H and O–H groups in total. The maximum absolute atomic E-state index is 13.9. The first-order chi connectivity index (χ1) is 16.6. The maximum atomic E-state index is 13.9. The highest BCUT2D eigenvalue weighted by Gasteiger charge is 2.25. The molecule has 0 radical (unpaired) electrons. The quantitative estimate of drug-likeness (QED) is 0.320. The highest BCUT2D eigenvalue weighted by Crippen LogP contribution is 2.32. The van der Waals surface area contributed by atoms with E-state index in [4.69, 9.17) is 9.15 Å². The van der Waals surface area contributed by atoms with Crippen LogP contribution in [0.3, 0.4) is 0 Å². The summed E-state index contributed by atoms with van der Waals surface area (Å²) in [6.45, 7) is 2.39. The highest BCUT2D eigenvalue weighted by molar-refractivity contribution is 7.22. The summed E-state index contributed by atoms with van der Waals surface area (Å²) >= 11 is 1.44. The number of hydrogen-bond donors (Lipinski definition) is 0. The largest absolute Gasteiger partial charge is 0.455 e. The number of nitrogens with zero attached hydrogens (tertiary/aromatic N) is 2. The number of aromatic nitrogens is 1. The SMILES string of the molecule is COCCN(C(=O)c1cccc2c(=O)c(C)c(-c3ccccc3)oc12)c1nc2ccccc2s1. The van der Waals surface area contributed by atoms with Crippen molar-refractivity contribution in [1.29, 1.82) is 0 Å². The van der Waals surface area contributed by atoms with Gasteiger partial charge in [-0.3, -0.25) is 14.5 Å². The van der Waals surface area contributed by atoms with Crippen molar-refractivity contribution >= 4 is 43.6 Å². The summed E-state index contributed by atoms with van der Waals surface area (Å²) in [6.07, 6.45) is 0. The third kappa shape index (κ3) is 3.89. The van der Waals surface area contributed by atoms with Gasteiger partial charge in [-0.25, -0.2) is 4.98 Å². The number of fused-ring (bicyclic) bond motifs is 2. The Hall–Kier alpha value is -3.81. The van der Waals surface area contributed by atoms with E-state index < -0.39 is 0 Å². The minimum atomic E-state index is -0.298. The van der Waals surface area contributed by atoms with Crippen molar-refractivity contribution in [3.05, 3.63) is 94.1 Å². The Morgan fingerprint density at radius 2 is 1.79 bits per heavy atom. The molecule has 2 heterocycles. The van der Waals surface area contributed by atoms with Crippen molar-refractivity contribution in [2.45, 2.75) is 6.92 Å². The van der Waals surface area contributed by atoms with Crippen molar-refractivity contribution in [2.75, 3.05) is 25.2 Å². The molecule has 0 aliphatic heterocycles. The molecule has 0 saturated carbocycles. The van der Waals surface area contributed by atoms with Gasteiger partial charge in [-0.1, -0.05) is 59.9 Å². The van der Waals surface area contributed by atoms with Gasteiger partial charge in [0.2, 0.25) is 0 Å². The van der Waals surface area contributed by atoms with Gasteiger partial charge in [0.05, 0.1) is 34.3 Å². The lowest BCUT2D eigenvalue weighted by Gasteiger charge is -2.20. The molecule has 6 nitrogen and oxygen atoms in total. The lowest BCUT2D eigenvalue weighted by Crippen LogP contribution is -2.34. The van der Waals surface area contributed by atoms with Crippen molar-refractivity contribution in [2.24, 2.45) is 0 Å². The summed E-state index contributed by atoms with van der Waals surface area (Å²) < 4.78 is 12.5. The molecule has 0 spiro atoms. The van der Waals surface area contributed by atoms with Crippen LogP contribution in [0.1, 0.15) is 15.9 Å². The fourth-order valence-electron chi connectivity index (χ4n) is 3.93. The Morgan fingerprint density at radius 1 is 1.03 bits per heavy atom. The smallest absolute Gasteiger partial charge is 0.263 e. The molecule has 0 fully saturated rings. The van der Waals surface area contributed by atoms with E-state index in [1.165, 1.54) is 11.3 Å². The third-order valence-corrected chi connectivity index (χ3v) is 6.75. The molecular weight excluding hydrogens is 448 g/mol. The van der Waals surface area contributed by atoms with Crippen LogP contribution in [0.25, 0.3) is 32.5 Å². The van der Waals surface area contributed by atoms with E-state index in [2.05, 4.69) is 4.98 Å². The fraction of sp³-hybridized carbons (Fsp3) is 0.148. The van der Waals surface area contributed by atoms with E-state index in [0.717, 1.165) is 15.8 Å². The third-order valence-electron chi connectivity index (χ3n) is 5.69. The number of amides is 1. The van der Waals surface area contributed by atoms with Gasteiger partial charge in [-0.05, 0) is 31.2 Å². The summed E-state index contributed by atoms with van der Waals surface area (Å²) in [6, 6.07) is 22.3. The van der Waals surface area contributed by atoms with Gasteiger partial charge in [0.1, 0.15) is 5.76 Å². The summed E-state index contributed by atoms with van der Waals surface area (Å²) in [5, 5.41) is 0.942. The van der Waals surface area contributed by atoms with E-state index in [1.807, 2.05) is 54.6 Å². The van der Waals surface area contributed by atoms with Gasteiger partial charge < -0.3 is 9.15 Å². The molecule has 0 aliphatic rings. The fourth-order valence-corrected chi connectivity index (χ4v) is 4.92. The predicted molar refractivity (Wildman–Crippen MR) is 136 cm³/mol.